The van der Waals surface area contributed by atoms with Crippen LogP contribution in [-0.4, -0.2) is 29.4 Å². The second-order valence-electron chi connectivity index (χ2n) is 3.95. The third kappa shape index (κ3) is 2.58. The van der Waals surface area contributed by atoms with Gasteiger partial charge in [0.2, 0.25) is 5.91 Å². The van der Waals surface area contributed by atoms with Crippen LogP contribution in [0.15, 0.2) is 12.2 Å². The molecule has 1 aliphatic heterocycles. The van der Waals surface area contributed by atoms with Gasteiger partial charge in [0.25, 0.3) is 0 Å². The number of rotatable bonds is 2. The van der Waals surface area contributed by atoms with E-state index in [1.165, 1.54) is 6.42 Å². The maximum absolute atomic E-state index is 11.7. The summed E-state index contributed by atoms with van der Waals surface area (Å²) in [6.45, 7) is 4.70. The zero-order valence-corrected chi connectivity index (χ0v) is 9.07. The van der Waals surface area contributed by atoms with E-state index in [2.05, 4.69) is 0 Å². The summed E-state index contributed by atoms with van der Waals surface area (Å²) in [5.74, 6) is 0.106. The Morgan fingerprint density at radius 1 is 1.57 bits per heavy atom. The van der Waals surface area contributed by atoms with Crippen LogP contribution in [0.4, 0.5) is 0 Å². The maximum atomic E-state index is 11.7. The van der Waals surface area contributed by atoms with Crippen LogP contribution >= 0.6 is 0 Å². The summed E-state index contributed by atoms with van der Waals surface area (Å²) in [4.78, 5) is 13.6. The zero-order valence-electron chi connectivity index (χ0n) is 9.07. The van der Waals surface area contributed by atoms with E-state index in [0.29, 0.717) is 0 Å². The molecule has 0 saturated carbocycles. The lowest BCUT2D eigenvalue weighted by Gasteiger charge is -2.37. The van der Waals surface area contributed by atoms with Gasteiger partial charge in [-0.15, -0.1) is 0 Å². The predicted molar refractivity (Wildman–Crippen MR) is 57.8 cm³/mol. The molecule has 2 atom stereocenters. The Morgan fingerprint density at radius 2 is 2.29 bits per heavy atom. The lowest BCUT2D eigenvalue weighted by atomic mass is 9.97. The number of hydrogen-bond acceptors (Lipinski definition) is 2. The van der Waals surface area contributed by atoms with Crippen molar-refractivity contribution in [2.75, 3.05) is 6.54 Å². The molecule has 0 aliphatic carbocycles. The van der Waals surface area contributed by atoms with E-state index in [1.807, 2.05) is 18.7 Å². The predicted octanol–water partition coefficient (Wildman–Crippen LogP) is 1.29. The van der Waals surface area contributed by atoms with Gasteiger partial charge in [-0.2, -0.15) is 0 Å². The highest BCUT2D eigenvalue weighted by Gasteiger charge is 2.27. The van der Waals surface area contributed by atoms with Gasteiger partial charge in [0.1, 0.15) is 0 Å². The van der Waals surface area contributed by atoms with Gasteiger partial charge in [-0.1, -0.05) is 6.08 Å². The van der Waals surface area contributed by atoms with Gasteiger partial charge in [-0.05, 0) is 39.2 Å². The molecular weight excluding hydrogens is 176 g/mol. The first-order valence-electron chi connectivity index (χ1n) is 5.35. The lowest BCUT2D eigenvalue weighted by molar-refractivity contribution is -0.130. The molecule has 14 heavy (non-hydrogen) atoms. The van der Waals surface area contributed by atoms with E-state index in [1.54, 1.807) is 12.2 Å². The van der Waals surface area contributed by atoms with Crippen molar-refractivity contribution in [3.8, 4) is 0 Å². The van der Waals surface area contributed by atoms with Crippen molar-refractivity contribution in [1.82, 2.24) is 4.90 Å². The van der Waals surface area contributed by atoms with Crippen molar-refractivity contribution in [3.05, 3.63) is 12.2 Å². The molecule has 3 nitrogen and oxygen atoms in total. The van der Waals surface area contributed by atoms with Crippen LogP contribution in [0.5, 0.6) is 0 Å². The molecule has 0 spiro atoms. The van der Waals surface area contributed by atoms with Gasteiger partial charge in [-0.25, -0.2) is 0 Å². The van der Waals surface area contributed by atoms with Crippen molar-refractivity contribution < 1.29 is 4.79 Å². The first kappa shape index (κ1) is 11.2. The van der Waals surface area contributed by atoms with Gasteiger partial charge < -0.3 is 10.6 Å². The third-order valence-electron chi connectivity index (χ3n) is 2.75. The highest BCUT2D eigenvalue weighted by molar-refractivity contribution is 5.87. The smallest absolute Gasteiger partial charge is 0.246 e. The van der Waals surface area contributed by atoms with Crippen molar-refractivity contribution >= 4 is 5.91 Å². The number of piperidine rings is 1. The molecule has 1 amide bonds. The Hall–Kier alpha value is -0.830. The standard InChI is InChI=1S/C11H20N2O/c1-3-6-11(14)13-8-5-4-7-10(13)9(2)12/h3,6,9-10H,4-5,7-8,12H2,1-2H3. The van der Waals surface area contributed by atoms with E-state index < -0.39 is 0 Å². The lowest BCUT2D eigenvalue weighted by Crippen LogP contribution is -2.51. The average molecular weight is 196 g/mol. The average Bonchev–Trinajstić information content (AvgIpc) is 2.18. The van der Waals surface area contributed by atoms with E-state index in [0.717, 1.165) is 19.4 Å². The normalized spacial score (nSPS) is 25.4. The quantitative estimate of drug-likeness (QED) is 0.676. The molecule has 0 aromatic rings. The number of amides is 1. The van der Waals surface area contributed by atoms with Gasteiger partial charge in [0.05, 0.1) is 0 Å². The monoisotopic (exact) mass is 196 g/mol. The Morgan fingerprint density at radius 3 is 2.86 bits per heavy atom. The van der Waals surface area contributed by atoms with Crippen LogP contribution in [-0.2, 0) is 4.79 Å². The molecule has 0 aromatic heterocycles. The summed E-state index contributed by atoms with van der Waals surface area (Å²) in [5.41, 5.74) is 5.87. The van der Waals surface area contributed by atoms with Crippen LogP contribution in [0.25, 0.3) is 0 Å². The molecule has 1 saturated heterocycles. The second-order valence-corrected chi connectivity index (χ2v) is 3.95. The van der Waals surface area contributed by atoms with Gasteiger partial charge in [0.15, 0.2) is 0 Å². The summed E-state index contributed by atoms with van der Waals surface area (Å²) in [6.07, 6.45) is 6.75. The summed E-state index contributed by atoms with van der Waals surface area (Å²) in [7, 11) is 0. The van der Waals surface area contributed by atoms with E-state index in [9.17, 15) is 4.79 Å². The van der Waals surface area contributed by atoms with Crippen LogP contribution in [0.1, 0.15) is 33.1 Å². The summed E-state index contributed by atoms with van der Waals surface area (Å²) in [5, 5.41) is 0. The molecule has 1 rings (SSSR count). The van der Waals surface area contributed by atoms with E-state index in [-0.39, 0.29) is 18.0 Å². The van der Waals surface area contributed by atoms with E-state index in [4.69, 9.17) is 5.73 Å². The highest BCUT2D eigenvalue weighted by Crippen LogP contribution is 2.19. The minimum Gasteiger partial charge on any atom is -0.335 e. The molecule has 0 radical (unpaired) electrons. The molecule has 0 aromatic carbocycles. The van der Waals surface area contributed by atoms with Crippen molar-refractivity contribution in [2.24, 2.45) is 5.73 Å². The van der Waals surface area contributed by atoms with Crippen LogP contribution in [0.3, 0.4) is 0 Å². The molecule has 1 fully saturated rings. The van der Waals surface area contributed by atoms with Crippen molar-refractivity contribution in [1.29, 1.82) is 0 Å². The van der Waals surface area contributed by atoms with Crippen LogP contribution in [0, 0.1) is 0 Å². The van der Waals surface area contributed by atoms with Crippen molar-refractivity contribution in [2.45, 2.75) is 45.2 Å². The molecule has 0 bridgehead atoms. The maximum Gasteiger partial charge on any atom is 0.246 e. The third-order valence-corrected chi connectivity index (χ3v) is 2.75. The minimum absolute atomic E-state index is 0.0736. The molecule has 3 heteroatoms. The molecule has 1 aliphatic rings. The SMILES string of the molecule is CC=CC(=O)N1CCCCC1C(C)N. The summed E-state index contributed by atoms with van der Waals surface area (Å²) < 4.78 is 0. The Balaban J connectivity index is 2.67. The Kier molecular flexibility index (Phi) is 4.14. The number of nitrogens with two attached hydrogens (primary N) is 1. The fraction of sp³-hybridized carbons (Fsp3) is 0.727. The largest absolute Gasteiger partial charge is 0.335 e. The molecule has 80 valence electrons. The number of carbonyl (C=O) groups excluding carboxylic acids is 1. The van der Waals surface area contributed by atoms with Gasteiger partial charge in [-0.3, -0.25) is 4.79 Å². The van der Waals surface area contributed by atoms with Crippen LogP contribution < -0.4 is 5.73 Å². The first-order valence-corrected chi connectivity index (χ1v) is 5.35. The van der Waals surface area contributed by atoms with Gasteiger partial charge >= 0.3 is 0 Å². The second kappa shape index (κ2) is 5.15. The number of allylic oxidation sites excluding steroid dienone is 1. The number of likely N-dealkylation sites (tertiary alicyclic amines) is 1. The fourth-order valence-corrected chi connectivity index (χ4v) is 2.02. The Bertz CT molecular complexity index is 223. The number of carbonyl (C=O) groups is 1. The molecule has 2 unspecified atom stereocenters. The van der Waals surface area contributed by atoms with Gasteiger partial charge in [0, 0.05) is 18.6 Å². The van der Waals surface area contributed by atoms with Crippen LogP contribution in [0.2, 0.25) is 0 Å². The minimum atomic E-state index is 0.0736. The topological polar surface area (TPSA) is 46.3 Å². The first-order chi connectivity index (χ1) is 6.66. The number of nitrogens with zero attached hydrogens (tertiary/aromatic N) is 1. The molecular formula is C11H20N2O. The highest BCUT2D eigenvalue weighted by atomic mass is 16.2. The zero-order chi connectivity index (χ0) is 10.6. The molecule has 2 N–H and O–H groups in total. The fourth-order valence-electron chi connectivity index (χ4n) is 2.02. The van der Waals surface area contributed by atoms with E-state index >= 15 is 0 Å². The molecule has 1 heterocycles. The summed E-state index contributed by atoms with van der Waals surface area (Å²) in [6, 6.07) is 0.303. The Labute approximate surface area is 86.0 Å². The van der Waals surface area contributed by atoms with Crippen molar-refractivity contribution in [3.63, 3.8) is 0 Å². The number of hydrogen-bond donors (Lipinski definition) is 1. The summed E-state index contributed by atoms with van der Waals surface area (Å²) >= 11 is 0.